The van der Waals surface area contributed by atoms with Crippen molar-refractivity contribution in [2.24, 2.45) is 0 Å². The van der Waals surface area contributed by atoms with Crippen LogP contribution in [0.2, 0.25) is 0 Å². The van der Waals surface area contributed by atoms with Gasteiger partial charge in [-0.25, -0.2) is 4.98 Å². The molecule has 2 rings (SSSR count). The molecular formula is C10H11N3O3S. The highest BCUT2D eigenvalue weighted by Gasteiger charge is 2.08. The summed E-state index contributed by atoms with van der Waals surface area (Å²) >= 11 is 1.37. The Balaban J connectivity index is 2.24. The Morgan fingerprint density at radius 3 is 3.12 bits per heavy atom. The van der Waals surface area contributed by atoms with E-state index in [9.17, 15) is 9.59 Å². The first kappa shape index (κ1) is 11.7. The first-order chi connectivity index (χ1) is 8.06. The van der Waals surface area contributed by atoms with Crippen LogP contribution >= 0.6 is 11.3 Å². The fraction of sp³-hybridized carbons (Fsp3) is 0.300. The Labute approximate surface area is 101 Å². The van der Waals surface area contributed by atoms with Gasteiger partial charge in [-0.15, -0.1) is 11.3 Å². The Morgan fingerprint density at radius 2 is 2.41 bits per heavy atom. The van der Waals surface area contributed by atoms with Gasteiger partial charge in [0.1, 0.15) is 0 Å². The minimum absolute atomic E-state index is 0.0779. The van der Waals surface area contributed by atoms with E-state index >= 15 is 0 Å². The highest BCUT2D eigenvalue weighted by Crippen LogP contribution is 2.07. The number of carboxylic acids is 1. The van der Waals surface area contributed by atoms with E-state index in [-0.39, 0.29) is 12.1 Å². The quantitative estimate of drug-likeness (QED) is 0.846. The van der Waals surface area contributed by atoms with Gasteiger partial charge in [0.05, 0.1) is 12.2 Å². The van der Waals surface area contributed by atoms with Gasteiger partial charge in [-0.05, 0) is 7.05 Å². The number of rotatable bonds is 4. The van der Waals surface area contributed by atoms with Crippen molar-refractivity contribution in [3.05, 3.63) is 33.7 Å². The fourth-order valence-electron chi connectivity index (χ4n) is 1.53. The molecule has 0 atom stereocenters. The number of likely N-dealkylation sites (N-methyl/N-ethyl adjacent to an activating group) is 1. The molecule has 0 bridgehead atoms. The van der Waals surface area contributed by atoms with E-state index in [0.717, 1.165) is 0 Å². The number of aromatic nitrogens is 2. The maximum Gasteiger partial charge on any atom is 0.317 e. The molecule has 7 heteroatoms. The predicted molar refractivity (Wildman–Crippen MR) is 63.3 cm³/mol. The lowest BCUT2D eigenvalue weighted by molar-refractivity contribution is -0.138. The van der Waals surface area contributed by atoms with Gasteiger partial charge in [-0.3, -0.25) is 18.9 Å². The molecule has 0 saturated heterocycles. The van der Waals surface area contributed by atoms with Crippen LogP contribution in [0.5, 0.6) is 0 Å². The Morgan fingerprint density at radius 1 is 1.65 bits per heavy atom. The molecule has 1 N–H and O–H groups in total. The van der Waals surface area contributed by atoms with Gasteiger partial charge in [0, 0.05) is 24.2 Å². The van der Waals surface area contributed by atoms with Crippen molar-refractivity contribution in [1.29, 1.82) is 0 Å². The zero-order valence-corrected chi connectivity index (χ0v) is 9.98. The zero-order valence-electron chi connectivity index (χ0n) is 9.16. The van der Waals surface area contributed by atoms with E-state index in [1.807, 2.05) is 0 Å². The van der Waals surface area contributed by atoms with Gasteiger partial charge in [-0.1, -0.05) is 0 Å². The number of carboxylic acid groups (broad SMARTS) is 1. The van der Waals surface area contributed by atoms with Crippen molar-refractivity contribution in [3.63, 3.8) is 0 Å². The van der Waals surface area contributed by atoms with Crippen LogP contribution < -0.4 is 5.56 Å². The smallest absolute Gasteiger partial charge is 0.317 e. The fourth-order valence-corrected chi connectivity index (χ4v) is 2.27. The largest absolute Gasteiger partial charge is 0.480 e. The van der Waals surface area contributed by atoms with Gasteiger partial charge in [0.15, 0.2) is 4.96 Å². The zero-order chi connectivity index (χ0) is 12.4. The van der Waals surface area contributed by atoms with E-state index in [0.29, 0.717) is 17.2 Å². The monoisotopic (exact) mass is 253 g/mol. The molecule has 0 aliphatic carbocycles. The third kappa shape index (κ3) is 2.69. The molecular weight excluding hydrogens is 242 g/mol. The lowest BCUT2D eigenvalue weighted by atomic mass is 10.3. The molecule has 0 aliphatic heterocycles. The summed E-state index contributed by atoms with van der Waals surface area (Å²) in [6.07, 6.45) is 1.67. The minimum atomic E-state index is -0.901. The molecule has 2 aromatic rings. The van der Waals surface area contributed by atoms with Crippen LogP contribution in [0.25, 0.3) is 4.96 Å². The molecule has 2 aromatic heterocycles. The number of fused-ring (bicyclic) bond motifs is 1. The summed E-state index contributed by atoms with van der Waals surface area (Å²) in [5, 5.41) is 10.4. The summed E-state index contributed by atoms with van der Waals surface area (Å²) in [7, 11) is 1.67. The molecule has 0 unspecified atom stereocenters. The summed E-state index contributed by atoms with van der Waals surface area (Å²) in [6.45, 7) is 0.265. The van der Waals surface area contributed by atoms with E-state index in [1.54, 1.807) is 23.5 Å². The summed E-state index contributed by atoms with van der Waals surface area (Å²) in [6, 6.07) is 1.43. The molecule has 0 radical (unpaired) electrons. The first-order valence-corrected chi connectivity index (χ1v) is 5.80. The third-order valence-electron chi connectivity index (χ3n) is 2.19. The maximum atomic E-state index is 11.7. The van der Waals surface area contributed by atoms with Crippen molar-refractivity contribution in [2.45, 2.75) is 6.54 Å². The van der Waals surface area contributed by atoms with Crippen molar-refractivity contribution in [1.82, 2.24) is 14.3 Å². The number of carbonyl (C=O) groups is 1. The number of hydrogen-bond acceptors (Lipinski definition) is 5. The lowest BCUT2D eigenvalue weighted by Gasteiger charge is -2.12. The highest BCUT2D eigenvalue weighted by atomic mass is 32.1. The lowest BCUT2D eigenvalue weighted by Crippen LogP contribution is -2.26. The number of thiazole rings is 1. The summed E-state index contributed by atoms with van der Waals surface area (Å²) in [5.74, 6) is -0.901. The van der Waals surface area contributed by atoms with E-state index in [1.165, 1.54) is 21.8 Å². The van der Waals surface area contributed by atoms with E-state index in [2.05, 4.69) is 4.98 Å². The molecule has 0 amide bonds. The van der Waals surface area contributed by atoms with E-state index in [4.69, 9.17) is 5.11 Å². The van der Waals surface area contributed by atoms with Gasteiger partial charge >= 0.3 is 5.97 Å². The van der Waals surface area contributed by atoms with Crippen LogP contribution in [0, 0.1) is 0 Å². The van der Waals surface area contributed by atoms with Gasteiger partial charge in [-0.2, -0.15) is 0 Å². The molecule has 2 heterocycles. The molecule has 0 aliphatic rings. The number of hydrogen-bond donors (Lipinski definition) is 1. The van der Waals surface area contributed by atoms with Crippen LogP contribution in [0.15, 0.2) is 22.4 Å². The normalized spacial score (nSPS) is 11.2. The van der Waals surface area contributed by atoms with Crippen LogP contribution in [-0.4, -0.2) is 39.0 Å². The molecule has 0 spiro atoms. The highest BCUT2D eigenvalue weighted by molar-refractivity contribution is 7.15. The van der Waals surface area contributed by atoms with Crippen LogP contribution in [0.1, 0.15) is 5.69 Å². The average molecular weight is 253 g/mol. The molecule has 90 valence electrons. The van der Waals surface area contributed by atoms with Crippen LogP contribution in [0.4, 0.5) is 0 Å². The second kappa shape index (κ2) is 4.64. The van der Waals surface area contributed by atoms with Crippen LogP contribution in [0.3, 0.4) is 0 Å². The SMILES string of the molecule is CN(CC(=O)O)Cc1cc(=O)n2ccsc2n1. The second-order valence-corrected chi connectivity index (χ2v) is 4.58. The summed E-state index contributed by atoms with van der Waals surface area (Å²) < 4.78 is 1.46. The van der Waals surface area contributed by atoms with E-state index < -0.39 is 5.97 Å². The standard InChI is InChI=1S/C10H11N3O3S/c1-12(6-9(15)16)5-7-4-8(14)13-2-3-17-10(13)11-7/h2-4H,5-6H2,1H3,(H,15,16). The Kier molecular flexibility index (Phi) is 3.21. The van der Waals surface area contributed by atoms with Crippen LogP contribution in [-0.2, 0) is 11.3 Å². The number of nitrogens with zero attached hydrogens (tertiary/aromatic N) is 3. The first-order valence-electron chi connectivity index (χ1n) is 4.92. The second-order valence-electron chi connectivity index (χ2n) is 3.71. The maximum absolute atomic E-state index is 11.7. The Hall–Kier alpha value is -1.73. The molecule has 0 fully saturated rings. The molecule has 0 aromatic carbocycles. The summed E-state index contributed by atoms with van der Waals surface area (Å²) in [4.78, 5) is 28.7. The van der Waals surface area contributed by atoms with Gasteiger partial charge in [0.2, 0.25) is 0 Å². The summed E-state index contributed by atoms with van der Waals surface area (Å²) in [5.41, 5.74) is 0.441. The van der Waals surface area contributed by atoms with Crippen molar-refractivity contribution in [3.8, 4) is 0 Å². The average Bonchev–Trinajstić information content (AvgIpc) is 2.64. The van der Waals surface area contributed by atoms with Gasteiger partial charge in [0.25, 0.3) is 5.56 Å². The number of aliphatic carboxylic acids is 1. The minimum Gasteiger partial charge on any atom is -0.480 e. The van der Waals surface area contributed by atoms with Crippen molar-refractivity contribution < 1.29 is 9.90 Å². The molecule has 0 saturated carbocycles. The van der Waals surface area contributed by atoms with Crippen molar-refractivity contribution >= 4 is 22.3 Å². The molecule has 6 nitrogen and oxygen atoms in total. The van der Waals surface area contributed by atoms with Gasteiger partial charge < -0.3 is 5.11 Å². The van der Waals surface area contributed by atoms with Crippen molar-refractivity contribution in [2.75, 3.05) is 13.6 Å². The third-order valence-corrected chi connectivity index (χ3v) is 2.95. The topological polar surface area (TPSA) is 74.9 Å². The molecule has 17 heavy (non-hydrogen) atoms. The predicted octanol–water partition coefficient (Wildman–Crippen LogP) is 0.272. The Bertz CT molecular complexity index is 604.